The van der Waals surface area contributed by atoms with Crippen LogP contribution in [0.1, 0.15) is 12.8 Å². The molecule has 8 heteroatoms. The first kappa shape index (κ1) is 19.4. The van der Waals surface area contributed by atoms with E-state index in [0.29, 0.717) is 19.0 Å². The minimum absolute atomic E-state index is 0.00173. The number of amides is 1. The second-order valence-electron chi connectivity index (χ2n) is 7.94. The summed E-state index contributed by atoms with van der Waals surface area (Å²) in [7, 11) is 0. The molecule has 0 aliphatic carbocycles. The lowest BCUT2D eigenvalue weighted by molar-refractivity contribution is -0.132. The molecule has 2 N–H and O–H groups in total. The first-order valence-electron chi connectivity index (χ1n) is 10.4. The van der Waals surface area contributed by atoms with Crippen molar-refractivity contribution < 1.29 is 9.21 Å². The number of benzene rings is 1. The van der Waals surface area contributed by atoms with Gasteiger partial charge in [-0.05, 0) is 43.3 Å². The summed E-state index contributed by atoms with van der Waals surface area (Å²) in [5.74, 6) is 0.650. The zero-order valence-electron chi connectivity index (χ0n) is 17.6. The van der Waals surface area contributed by atoms with E-state index in [0.717, 1.165) is 52.2 Å². The summed E-state index contributed by atoms with van der Waals surface area (Å²) >= 11 is 0. The van der Waals surface area contributed by atoms with Gasteiger partial charge in [-0.2, -0.15) is 0 Å². The van der Waals surface area contributed by atoms with Crippen LogP contribution in [0.15, 0.2) is 47.0 Å². The smallest absolute Gasteiger partial charge is 0.239 e. The molecule has 0 radical (unpaired) electrons. The number of piperazine rings is 1. The van der Waals surface area contributed by atoms with E-state index >= 15 is 0 Å². The van der Waals surface area contributed by atoms with Crippen molar-refractivity contribution >= 4 is 33.7 Å². The summed E-state index contributed by atoms with van der Waals surface area (Å²) in [4.78, 5) is 30.0. The first-order chi connectivity index (χ1) is 15.0. The molecule has 3 aromatic heterocycles. The predicted octanol–water partition coefficient (Wildman–Crippen LogP) is 2.74. The average Bonchev–Trinajstić information content (AvgIpc) is 3.17. The SMILES string of the molecule is Cc1nc2cc(-c3ccc4ncc(N5CCN(C(=O)[C@@H](C)N)CC5)cc4n3)ccc2o1. The summed E-state index contributed by atoms with van der Waals surface area (Å²) in [6, 6.07) is 11.5. The molecule has 158 valence electrons. The molecule has 1 amide bonds. The van der Waals surface area contributed by atoms with Crippen molar-refractivity contribution in [3.63, 3.8) is 0 Å². The molecule has 1 aliphatic heterocycles. The van der Waals surface area contributed by atoms with Gasteiger partial charge in [0.1, 0.15) is 5.52 Å². The average molecular weight is 416 g/mol. The maximum absolute atomic E-state index is 12.1. The molecule has 31 heavy (non-hydrogen) atoms. The second kappa shape index (κ2) is 7.63. The van der Waals surface area contributed by atoms with E-state index in [2.05, 4.69) is 20.9 Å². The minimum atomic E-state index is -0.461. The van der Waals surface area contributed by atoms with Gasteiger partial charge in [0.05, 0.1) is 34.7 Å². The molecule has 1 atom stereocenters. The highest BCUT2D eigenvalue weighted by molar-refractivity contribution is 5.84. The number of aryl methyl sites for hydroxylation is 1. The second-order valence-corrected chi connectivity index (χ2v) is 7.94. The van der Waals surface area contributed by atoms with Gasteiger partial charge in [0, 0.05) is 38.7 Å². The lowest BCUT2D eigenvalue weighted by Crippen LogP contribution is -2.52. The molecule has 0 saturated carbocycles. The van der Waals surface area contributed by atoms with E-state index in [1.165, 1.54) is 0 Å². The largest absolute Gasteiger partial charge is 0.441 e. The molecule has 1 aromatic carbocycles. The number of nitrogens with zero attached hydrogens (tertiary/aromatic N) is 5. The van der Waals surface area contributed by atoms with Crippen molar-refractivity contribution in [2.75, 3.05) is 31.1 Å². The molecule has 0 unspecified atom stereocenters. The third-order valence-electron chi connectivity index (χ3n) is 5.66. The Morgan fingerprint density at radius 3 is 2.61 bits per heavy atom. The van der Waals surface area contributed by atoms with Gasteiger partial charge in [0.15, 0.2) is 11.5 Å². The molecule has 0 spiro atoms. The Labute approximate surface area is 179 Å². The molecule has 1 fully saturated rings. The van der Waals surface area contributed by atoms with Gasteiger partial charge in [-0.3, -0.25) is 9.78 Å². The van der Waals surface area contributed by atoms with Crippen LogP contribution in [-0.2, 0) is 4.79 Å². The molecule has 8 nitrogen and oxygen atoms in total. The Kier molecular flexibility index (Phi) is 4.78. The molecule has 1 saturated heterocycles. The zero-order chi connectivity index (χ0) is 21.5. The maximum atomic E-state index is 12.1. The number of carbonyl (C=O) groups is 1. The summed E-state index contributed by atoms with van der Waals surface area (Å²) in [6.07, 6.45) is 1.87. The Balaban J connectivity index is 1.41. The van der Waals surface area contributed by atoms with Crippen molar-refractivity contribution in [3.8, 4) is 11.3 Å². The molecular weight excluding hydrogens is 392 g/mol. The quantitative estimate of drug-likeness (QED) is 0.548. The fraction of sp³-hybridized carbons (Fsp3) is 0.304. The minimum Gasteiger partial charge on any atom is -0.441 e. The van der Waals surface area contributed by atoms with Crippen LogP contribution in [0.5, 0.6) is 0 Å². The number of pyridine rings is 2. The number of fused-ring (bicyclic) bond motifs is 2. The van der Waals surface area contributed by atoms with Gasteiger partial charge in [-0.1, -0.05) is 0 Å². The van der Waals surface area contributed by atoms with Gasteiger partial charge in [-0.15, -0.1) is 0 Å². The highest BCUT2D eigenvalue weighted by Gasteiger charge is 2.23. The number of hydrogen-bond donors (Lipinski definition) is 1. The standard InChI is InChI=1S/C23H24N6O2/c1-14(24)23(30)29-9-7-28(8-10-29)17-12-20-19(25-13-17)5-4-18(27-20)16-3-6-22-21(11-16)26-15(2)31-22/h3-6,11-14H,7-10,24H2,1-2H3/t14-/m1/s1. The van der Waals surface area contributed by atoms with Crippen molar-refractivity contribution in [3.05, 3.63) is 48.5 Å². The van der Waals surface area contributed by atoms with E-state index in [9.17, 15) is 4.79 Å². The van der Waals surface area contributed by atoms with Gasteiger partial charge >= 0.3 is 0 Å². The van der Waals surface area contributed by atoms with Gasteiger partial charge in [0.25, 0.3) is 0 Å². The zero-order valence-corrected chi connectivity index (χ0v) is 17.6. The number of oxazole rings is 1. The van der Waals surface area contributed by atoms with Crippen LogP contribution in [0, 0.1) is 6.92 Å². The molecule has 0 bridgehead atoms. The van der Waals surface area contributed by atoms with Crippen molar-refractivity contribution in [2.45, 2.75) is 19.9 Å². The van der Waals surface area contributed by atoms with E-state index in [1.54, 1.807) is 6.92 Å². The highest BCUT2D eigenvalue weighted by Crippen LogP contribution is 2.26. The van der Waals surface area contributed by atoms with E-state index in [-0.39, 0.29) is 5.91 Å². The van der Waals surface area contributed by atoms with Crippen LogP contribution in [0.4, 0.5) is 5.69 Å². The summed E-state index contributed by atoms with van der Waals surface area (Å²) in [6.45, 7) is 6.37. The molecule has 4 aromatic rings. The van der Waals surface area contributed by atoms with Crippen LogP contribution in [0.2, 0.25) is 0 Å². The Hall–Kier alpha value is -3.52. The van der Waals surface area contributed by atoms with Gasteiger partial charge in [-0.25, -0.2) is 9.97 Å². The van der Waals surface area contributed by atoms with Crippen molar-refractivity contribution in [1.82, 2.24) is 19.9 Å². The monoisotopic (exact) mass is 416 g/mol. The van der Waals surface area contributed by atoms with E-state index in [4.69, 9.17) is 15.1 Å². The number of rotatable bonds is 3. The van der Waals surface area contributed by atoms with Gasteiger partial charge in [0.2, 0.25) is 5.91 Å². The van der Waals surface area contributed by atoms with E-state index < -0.39 is 6.04 Å². The van der Waals surface area contributed by atoms with Gasteiger partial charge < -0.3 is 20.0 Å². The van der Waals surface area contributed by atoms with Crippen LogP contribution in [0.3, 0.4) is 0 Å². The fourth-order valence-electron chi connectivity index (χ4n) is 4.00. The topological polar surface area (TPSA) is 101 Å². The number of hydrogen-bond acceptors (Lipinski definition) is 7. The maximum Gasteiger partial charge on any atom is 0.239 e. The predicted molar refractivity (Wildman–Crippen MR) is 120 cm³/mol. The molecule has 4 heterocycles. The lowest BCUT2D eigenvalue weighted by atomic mass is 10.1. The fourth-order valence-corrected chi connectivity index (χ4v) is 4.00. The third-order valence-corrected chi connectivity index (χ3v) is 5.66. The number of nitrogens with two attached hydrogens (primary N) is 1. The Bertz CT molecular complexity index is 1270. The Morgan fingerprint density at radius 1 is 1.03 bits per heavy atom. The van der Waals surface area contributed by atoms with Crippen LogP contribution in [0.25, 0.3) is 33.4 Å². The van der Waals surface area contributed by atoms with Crippen molar-refractivity contribution in [2.24, 2.45) is 5.73 Å². The van der Waals surface area contributed by atoms with Crippen LogP contribution in [-0.4, -0.2) is 58.0 Å². The summed E-state index contributed by atoms with van der Waals surface area (Å²) in [5, 5.41) is 0. The van der Waals surface area contributed by atoms with E-state index in [1.807, 2.05) is 48.4 Å². The van der Waals surface area contributed by atoms with Crippen molar-refractivity contribution in [1.29, 1.82) is 0 Å². The summed E-state index contributed by atoms with van der Waals surface area (Å²) in [5.41, 5.74) is 11.9. The number of anilines is 1. The third kappa shape index (κ3) is 3.70. The molecule has 1 aliphatic rings. The highest BCUT2D eigenvalue weighted by atomic mass is 16.3. The lowest BCUT2D eigenvalue weighted by Gasteiger charge is -2.36. The first-order valence-corrected chi connectivity index (χ1v) is 10.4. The molecule has 5 rings (SSSR count). The Morgan fingerprint density at radius 2 is 1.84 bits per heavy atom. The van der Waals surface area contributed by atoms with Crippen LogP contribution < -0.4 is 10.6 Å². The molecular formula is C23H24N6O2. The normalized spacial score (nSPS) is 15.6. The number of carbonyl (C=O) groups excluding carboxylic acids is 1. The van der Waals surface area contributed by atoms with Crippen LogP contribution >= 0.6 is 0 Å². The number of aromatic nitrogens is 3. The summed E-state index contributed by atoms with van der Waals surface area (Å²) < 4.78 is 5.57.